The molecule has 4 heteroatoms. The largest absolute Gasteiger partial charge is 0.392 e. The van der Waals surface area contributed by atoms with Gasteiger partial charge in [-0.15, -0.1) is 23.2 Å². The number of alkyl halides is 2. The summed E-state index contributed by atoms with van der Waals surface area (Å²) >= 11 is 12.1. The summed E-state index contributed by atoms with van der Waals surface area (Å²) in [5.74, 6) is 0.571. The molecule has 2 N–H and O–H groups in total. The molecule has 2 atom stereocenters. The third kappa shape index (κ3) is 1.40. The molecular formula is C9H12Cl2O2. The van der Waals surface area contributed by atoms with Crippen LogP contribution < -0.4 is 0 Å². The second kappa shape index (κ2) is 3.13. The molecule has 0 aromatic rings. The molecule has 2 aliphatic rings. The fraction of sp³-hybridized carbons (Fsp3) is 0.778. The summed E-state index contributed by atoms with van der Waals surface area (Å²) in [6.45, 7) is 0.0337. The topological polar surface area (TPSA) is 40.5 Å². The maximum Gasteiger partial charge on any atom is 0.125 e. The summed E-state index contributed by atoms with van der Waals surface area (Å²) in [4.78, 5) is 0. The van der Waals surface area contributed by atoms with Gasteiger partial charge in [0.2, 0.25) is 0 Å². The Labute approximate surface area is 87.2 Å². The highest BCUT2D eigenvalue weighted by atomic mass is 35.5. The molecule has 0 aromatic carbocycles. The van der Waals surface area contributed by atoms with Gasteiger partial charge in [-0.1, -0.05) is 0 Å². The maximum atomic E-state index is 9.04. The molecule has 2 rings (SSSR count). The number of hydrogen-bond donors (Lipinski definition) is 2. The van der Waals surface area contributed by atoms with Gasteiger partial charge < -0.3 is 10.2 Å². The minimum Gasteiger partial charge on any atom is -0.392 e. The number of rotatable bonds is 2. The van der Waals surface area contributed by atoms with Crippen LogP contribution in [0, 0.1) is 11.8 Å². The van der Waals surface area contributed by atoms with Crippen LogP contribution in [-0.2, 0) is 0 Å². The van der Waals surface area contributed by atoms with E-state index in [0.717, 1.165) is 24.0 Å². The van der Waals surface area contributed by atoms with Crippen molar-refractivity contribution in [1.29, 1.82) is 0 Å². The highest BCUT2D eigenvalue weighted by Gasteiger charge is 2.64. The lowest BCUT2D eigenvalue weighted by molar-refractivity contribution is 0.295. The molecule has 0 aromatic heterocycles. The van der Waals surface area contributed by atoms with Gasteiger partial charge in [0.1, 0.15) is 4.33 Å². The molecule has 0 radical (unpaired) electrons. The van der Waals surface area contributed by atoms with E-state index in [-0.39, 0.29) is 25.0 Å². The number of fused-ring (bicyclic) bond motifs is 1. The molecule has 13 heavy (non-hydrogen) atoms. The van der Waals surface area contributed by atoms with E-state index in [9.17, 15) is 0 Å². The summed E-state index contributed by atoms with van der Waals surface area (Å²) in [7, 11) is 0. The quantitative estimate of drug-likeness (QED) is 0.549. The molecule has 74 valence electrons. The van der Waals surface area contributed by atoms with Crippen molar-refractivity contribution >= 4 is 23.2 Å². The zero-order valence-corrected chi connectivity index (χ0v) is 8.65. The predicted molar refractivity (Wildman–Crippen MR) is 51.8 cm³/mol. The third-order valence-corrected chi connectivity index (χ3v) is 4.30. The number of halogens is 2. The normalized spacial score (nSPS) is 36.0. The van der Waals surface area contributed by atoms with Crippen LogP contribution in [-0.4, -0.2) is 27.8 Å². The van der Waals surface area contributed by atoms with Gasteiger partial charge in [0.25, 0.3) is 0 Å². The highest BCUT2D eigenvalue weighted by Crippen LogP contribution is 2.66. The van der Waals surface area contributed by atoms with E-state index in [1.54, 1.807) is 0 Å². The van der Waals surface area contributed by atoms with Gasteiger partial charge in [-0.25, -0.2) is 0 Å². The van der Waals surface area contributed by atoms with Crippen LogP contribution in [0.5, 0.6) is 0 Å². The summed E-state index contributed by atoms with van der Waals surface area (Å²) in [5, 5.41) is 18.1. The Balaban J connectivity index is 2.15. The van der Waals surface area contributed by atoms with Gasteiger partial charge in [0.15, 0.2) is 0 Å². The summed E-state index contributed by atoms with van der Waals surface area (Å²) < 4.78 is -0.614. The SMILES string of the molecule is OCC1=C(CO)CC2C(C1)C2(Cl)Cl. The predicted octanol–water partition coefficient (Wildman–Crippen LogP) is 1.48. The molecule has 0 heterocycles. The maximum absolute atomic E-state index is 9.04. The van der Waals surface area contributed by atoms with E-state index >= 15 is 0 Å². The van der Waals surface area contributed by atoms with Crippen LogP contribution >= 0.6 is 23.2 Å². The Morgan fingerprint density at radius 3 is 1.77 bits per heavy atom. The Kier molecular flexibility index (Phi) is 2.35. The summed E-state index contributed by atoms with van der Waals surface area (Å²) in [6, 6.07) is 0. The molecule has 2 unspecified atom stereocenters. The minimum absolute atomic E-state index is 0.0168. The molecule has 0 spiro atoms. The molecule has 2 nitrogen and oxygen atoms in total. The third-order valence-electron chi connectivity index (χ3n) is 3.18. The fourth-order valence-corrected chi connectivity index (χ4v) is 2.98. The number of aliphatic hydroxyl groups excluding tert-OH is 2. The van der Waals surface area contributed by atoms with Crippen molar-refractivity contribution in [2.45, 2.75) is 17.2 Å². The van der Waals surface area contributed by atoms with Gasteiger partial charge in [-0.05, 0) is 24.0 Å². The van der Waals surface area contributed by atoms with Crippen LogP contribution in [0.15, 0.2) is 11.1 Å². The minimum atomic E-state index is -0.614. The smallest absolute Gasteiger partial charge is 0.125 e. The highest BCUT2D eigenvalue weighted by molar-refractivity contribution is 6.51. The van der Waals surface area contributed by atoms with E-state index < -0.39 is 4.33 Å². The zero-order chi connectivity index (χ0) is 9.64. The first kappa shape index (κ1) is 9.78. The van der Waals surface area contributed by atoms with Gasteiger partial charge >= 0.3 is 0 Å². The van der Waals surface area contributed by atoms with Crippen molar-refractivity contribution in [1.82, 2.24) is 0 Å². The lowest BCUT2D eigenvalue weighted by Gasteiger charge is -2.15. The van der Waals surface area contributed by atoms with Gasteiger partial charge in [-0.2, -0.15) is 0 Å². The van der Waals surface area contributed by atoms with Crippen LogP contribution in [0.4, 0.5) is 0 Å². The Bertz CT molecular complexity index is 236. The molecule has 1 fully saturated rings. The lowest BCUT2D eigenvalue weighted by Crippen LogP contribution is -2.08. The van der Waals surface area contributed by atoms with Crippen molar-refractivity contribution in [3.05, 3.63) is 11.1 Å². The first-order chi connectivity index (χ1) is 6.11. The van der Waals surface area contributed by atoms with Crippen LogP contribution in [0.1, 0.15) is 12.8 Å². The van der Waals surface area contributed by atoms with Gasteiger partial charge in [-0.3, -0.25) is 0 Å². The van der Waals surface area contributed by atoms with E-state index in [2.05, 4.69) is 0 Å². The Hall–Kier alpha value is 0.240. The number of aliphatic hydroxyl groups is 2. The molecule has 0 saturated heterocycles. The Morgan fingerprint density at radius 1 is 1.08 bits per heavy atom. The second-order valence-corrected chi connectivity index (χ2v) is 5.26. The summed E-state index contributed by atoms with van der Waals surface area (Å²) in [6.07, 6.45) is 1.48. The molecule has 2 aliphatic carbocycles. The fourth-order valence-electron chi connectivity index (χ4n) is 2.19. The Morgan fingerprint density at radius 2 is 1.46 bits per heavy atom. The first-order valence-electron chi connectivity index (χ1n) is 4.40. The number of hydrogen-bond acceptors (Lipinski definition) is 2. The second-order valence-electron chi connectivity index (χ2n) is 3.82. The van der Waals surface area contributed by atoms with Gasteiger partial charge in [0.05, 0.1) is 13.2 Å². The average Bonchev–Trinajstić information content (AvgIpc) is 2.66. The van der Waals surface area contributed by atoms with E-state index in [1.807, 2.05) is 0 Å². The molecule has 0 aliphatic heterocycles. The lowest BCUT2D eigenvalue weighted by atomic mass is 9.93. The van der Waals surface area contributed by atoms with Crippen molar-refractivity contribution in [2.24, 2.45) is 11.8 Å². The molecular weight excluding hydrogens is 211 g/mol. The van der Waals surface area contributed by atoms with Crippen molar-refractivity contribution < 1.29 is 10.2 Å². The van der Waals surface area contributed by atoms with E-state index in [1.165, 1.54) is 0 Å². The van der Waals surface area contributed by atoms with Gasteiger partial charge in [0, 0.05) is 11.8 Å². The van der Waals surface area contributed by atoms with Crippen LogP contribution in [0.3, 0.4) is 0 Å². The molecule has 0 bridgehead atoms. The standard InChI is InChI=1S/C9H12Cl2O2/c10-9(11)7-1-5(3-12)6(4-13)2-8(7)9/h7-8,12-13H,1-4H2. The van der Waals surface area contributed by atoms with Crippen LogP contribution in [0.25, 0.3) is 0 Å². The van der Waals surface area contributed by atoms with E-state index in [4.69, 9.17) is 33.4 Å². The zero-order valence-electron chi connectivity index (χ0n) is 7.13. The van der Waals surface area contributed by atoms with E-state index in [0.29, 0.717) is 0 Å². The molecule has 0 amide bonds. The van der Waals surface area contributed by atoms with Crippen molar-refractivity contribution in [3.8, 4) is 0 Å². The van der Waals surface area contributed by atoms with Crippen LogP contribution in [0.2, 0.25) is 0 Å². The monoisotopic (exact) mass is 222 g/mol. The first-order valence-corrected chi connectivity index (χ1v) is 5.16. The molecule has 1 saturated carbocycles. The summed E-state index contributed by atoms with van der Waals surface area (Å²) in [5.41, 5.74) is 1.85. The van der Waals surface area contributed by atoms with Crippen molar-refractivity contribution in [2.75, 3.05) is 13.2 Å². The average molecular weight is 223 g/mol. The van der Waals surface area contributed by atoms with Crippen molar-refractivity contribution in [3.63, 3.8) is 0 Å².